The molecule has 1 heterocycles. The number of nitrogens with one attached hydrogen (secondary N) is 1. The molecule has 3 rings (SSSR count). The van der Waals surface area contributed by atoms with Gasteiger partial charge in [0.05, 0.1) is 5.56 Å². The van der Waals surface area contributed by atoms with Crippen molar-refractivity contribution >= 4 is 39.3 Å². The molecule has 138 valence electrons. The maximum atomic E-state index is 12.0. The molecule has 0 saturated heterocycles. The maximum Gasteiger partial charge on any atom is 0.163 e. The first kappa shape index (κ1) is 20.4. The van der Waals surface area contributed by atoms with Gasteiger partial charge in [0, 0.05) is 16.4 Å². The number of ketones is 1. The second kappa shape index (κ2) is 9.13. The van der Waals surface area contributed by atoms with E-state index in [0.29, 0.717) is 17.3 Å². The van der Waals surface area contributed by atoms with Gasteiger partial charge in [-0.25, -0.2) is 4.98 Å². The zero-order valence-corrected chi connectivity index (χ0v) is 17.8. The van der Waals surface area contributed by atoms with Crippen LogP contribution < -0.4 is 5.32 Å². The number of allylic oxidation sites excluding steroid dienone is 1. The van der Waals surface area contributed by atoms with E-state index in [4.69, 9.17) is 0 Å². The smallest absolute Gasteiger partial charge is 0.163 e. The molecule has 0 amide bonds. The molecule has 3 nitrogen and oxygen atoms in total. The summed E-state index contributed by atoms with van der Waals surface area (Å²) in [5.74, 6) is 1.24. The summed E-state index contributed by atoms with van der Waals surface area (Å²) in [7, 11) is 0. The highest BCUT2D eigenvalue weighted by Crippen LogP contribution is 2.40. The van der Waals surface area contributed by atoms with Crippen LogP contribution in [0, 0.1) is 6.92 Å². The first-order valence-corrected chi connectivity index (χ1v) is 9.99. The fraction of sp³-hybridized carbons (Fsp3) is 0.364. The molecule has 2 aromatic rings. The van der Waals surface area contributed by atoms with Crippen LogP contribution in [0.15, 0.2) is 34.9 Å². The van der Waals surface area contributed by atoms with Crippen molar-refractivity contribution < 1.29 is 4.79 Å². The topological polar surface area (TPSA) is 42.0 Å². The summed E-state index contributed by atoms with van der Waals surface area (Å²) in [6.07, 6.45) is 8.37. The lowest BCUT2D eigenvalue weighted by Crippen LogP contribution is -2.04. The molecule has 0 spiro atoms. The summed E-state index contributed by atoms with van der Waals surface area (Å²) in [4.78, 5) is 16.6. The summed E-state index contributed by atoms with van der Waals surface area (Å²) in [6.45, 7) is 9.67. The van der Waals surface area contributed by atoms with E-state index in [9.17, 15) is 4.79 Å². The van der Waals surface area contributed by atoms with Gasteiger partial charge in [-0.3, -0.25) is 4.79 Å². The molecule has 1 aromatic heterocycles. The number of pyridine rings is 1. The molecule has 0 aliphatic heterocycles. The van der Waals surface area contributed by atoms with Gasteiger partial charge in [-0.15, -0.1) is 0 Å². The molecule has 1 aromatic carbocycles. The predicted molar refractivity (Wildman–Crippen MR) is 114 cm³/mol. The number of carbonyl (C=O) groups is 1. The maximum absolute atomic E-state index is 12.0. The minimum Gasteiger partial charge on any atom is -0.340 e. The van der Waals surface area contributed by atoms with Gasteiger partial charge >= 0.3 is 0 Å². The van der Waals surface area contributed by atoms with Crippen LogP contribution in [-0.4, -0.2) is 10.8 Å². The molecule has 0 radical (unpaired) electrons. The lowest BCUT2D eigenvalue weighted by molar-refractivity contribution is 0.101. The Hall–Kier alpha value is -1.94. The number of rotatable bonds is 5. The third-order valence-electron chi connectivity index (χ3n) is 4.33. The number of carbonyl (C=O) groups excluding carboxylic acids is 1. The van der Waals surface area contributed by atoms with Gasteiger partial charge in [0.15, 0.2) is 5.78 Å². The molecule has 0 bridgehead atoms. The SMILES string of the molecule is C/C=C\c1cc(Nc2ncc(C3CC3)cc2C(C)=O)cc(Br)c1C.CC. The second-order valence-electron chi connectivity index (χ2n) is 6.29. The van der Waals surface area contributed by atoms with E-state index in [-0.39, 0.29) is 5.78 Å². The highest BCUT2D eigenvalue weighted by molar-refractivity contribution is 9.10. The van der Waals surface area contributed by atoms with Crippen molar-refractivity contribution in [3.8, 4) is 0 Å². The molecule has 1 aliphatic carbocycles. The first-order chi connectivity index (χ1) is 12.5. The summed E-state index contributed by atoms with van der Waals surface area (Å²) in [5, 5.41) is 3.31. The summed E-state index contributed by atoms with van der Waals surface area (Å²) < 4.78 is 1.03. The van der Waals surface area contributed by atoms with Crippen molar-refractivity contribution in [2.45, 2.75) is 53.4 Å². The molecule has 1 N–H and O–H groups in total. The highest BCUT2D eigenvalue weighted by Gasteiger charge is 2.25. The van der Waals surface area contributed by atoms with Crippen LogP contribution >= 0.6 is 15.9 Å². The van der Waals surface area contributed by atoms with Gasteiger partial charge in [0.2, 0.25) is 0 Å². The quantitative estimate of drug-likeness (QED) is 0.533. The Labute approximate surface area is 165 Å². The predicted octanol–water partition coefficient (Wildman–Crippen LogP) is 7.04. The summed E-state index contributed by atoms with van der Waals surface area (Å²) in [6, 6.07) is 6.08. The summed E-state index contributed by atoms with van der Waals surface area (Å²) >= 11 is 3.61. The van der Waals surface area contributed by atoms with Crippen molar-refractivity contribution in [2.24, 2.45) is 0 Å². The molecule has 4 heteroatoms. The van der Waals surface area contributed by atoms with Crippen molar-refractivity contribution in [1.82, 2.24) is 4.98 Å². The molecule has 26 heavy (non-hydrogen) atoms. The largest absolute Gasteiger partial charge is 0.340 e. The van der Waals surface area contributed by atoms with Crippen LogP contribution in [0.5, 0.6) is 0 Å². The standard InChI is InChI=1S/C20H21BrN2O.C2H6/c1-4-5-15-8-17(10-19(21)12(15)2)23-20-18(13(3)24)9-16(11-22-20)14-6-7-14;1-2/h4-5,8-11,14H,6-7H2,1-3H3,(H,22,23);1-2H3/b5-4-;. The number of halogens is 1. The summed E-state index contributed by atoms with van der Waals surface area (Å²) in [5.41, 5.74) is 5.06. The Balaban J connectivity index is 0.00000117. The van der Waals surface area contributed by atoms with E-state index in [1.165, 1.54) is 24.0 Å². The zero-order valence-electron chi connectivity index (χ0n) is 16.2. The van der Waals surface area contributed by atoms with Crippen LogP contribution in [0.1, 0.15) is 73.5 Å². The third-order valence-corrected chi connectivity index (χ3v) is 5.15. The molecule has 1 aliphatic rings. The van der Waals surface area contributed by atoms with Gasteiger partial charge in [-0.2, -0.15) is 0 Å². The molecular weight excluding hydrogens is 388 g/mol. The fourth-order valence-corrected chi connectivity index (χ4v) is 3.23. The number of Topliss-reactive ketones (excluding diaryl/α,β-unsaturated/α-hetero) is 1. The average molecular weight is 415 g/mol. The van der Waals surface area contributed by atoms with Gasteiger partial charge < -0.3 is 5.32 Å². The monoisotopic (exact) mass is 414 g/mol. The minimum atomic E-state index is 0.0346. The van der Waals surface area contributed by atoms with Crippen molar-refractivity contribution in [3.05, 3.63) is 57.2 Å². The molecular formula is C22H27BrN2O. The number of hydrogen-bond acceptors (Lipinski definition) is 3. The Morgan fingerprint density at radius 1 is 1.27 bits per heavy atom. The third kappa shape index (κ3) is 4.82. The molecule has 0 unspecified atom stereocenters. The Morgan fingerprint density at radius 3 is 2.54 bits per heavy atom. The van der Waals surface area contributed by atoms with Gasteiger partial charge in [0.25, 0.3) is 0 Å². The van der Waals surface area contributed by atoms with E-state index in [1.807, 2.05) is 45.2 Å². The van der Waals surface area contributed by atoms with E-state index < -0.39 is 0 Å². The minimum absolute atomic E-state index is 0.0346. The highest BCUT2D eigenvalue weighted by atomic mass is 79.9. The number of hydrogen-bond donors (Lipinski definition) is 1. The average Bonchev–Trinajstić information content (AvgIpc) is 3.46. The van der Waals surface area contributed by atoms with Gasteiger partial charge in [0.1, 0.15) is 5.82 Å². The van der Waals surface area contributed by atoms with Crippen LogP contribution in [0.3, 0.4) is 0 Å². The van der Waals surface area contributed by atoms with Crippen LogP contribution in [0.4, 0.5) is 11.5 Å². The van der Waals surface area contributed by atoms with E-state index >= 15 is 0 Å². The van der Waals surface area contributed by atoms with Gasteiger partial charge in [-0.1, -0.05) is 41.9 Å². The van der Waals surface area contributed by atoms with E-state index in [1.54, 1.807) is 6.92 Å². The van der Waals surface area contributed by atoms with Crippen LogP contribution in [0.2, 0.25) is 0 Å². The van der Waals surface area contributed by atoms with Crippen LogP contribution in [0.25, 0.3) is 6.08 Å². The van der Waals surface area contributed by atoms with Crippen molar-refractivity contribution in [2.75, 3.05) is 5.32 Å². The van der Waals surface area contributed by atoms with E-state index in [0.717, 1.165) is 15.7 Å². The van der Waals surface area contributed by atoms with E-state index in [2.05, 4.69) is 45.3 Å². The van der Waals surface area contributed by atoms with Gasteiger partial charge in [-0.05, 0) is 74.4 Å². The van der Waals surface area contributed by atoms with Crippen molar-refractivity contribution in [3.63, 3.8) is 0 Å². The number of aromatic nitrogens is 1. The Morgan fingerprint density at radius 2 is 1.96 bits per heavy atom. The van der Waals surface area contributed by atoms with Crippen molar-refractivity contribution in [1.29, 1.82) is 0 Å². The fourth-order valence-electron chi connectivity index (χ4n) is 2.75. The lowest BCUT2D eigenvalue weighted by atomic mass is 10.1. The zero-order chi connectivity index (χ0) is 19.3. The normalized spacial score (nSPS) is 13.3. The second-order valence-corrected chi connectivity index (χ2v) is 7.15. The lowest BCUT2D eigenvalue weighted by Gasteiger charge is -2.13. The number of benzene rings is 1. The number of nitrogens with zero attached hydrogens (tertiary/aromatic N) is 1. The Bertz CT molecular complexity index is 823. The first-order valence-electron chi connectivity index (χ1n) is 9.20. The molecule has 0 atom stereocenters. The molecule has 1 fully saturated rings. The van der Waals surface area contributed by atoms with Crippen LogP contribution in [-0.2, 0) is 0 Å². The number of anilines is 2. The Kier molecular flexibility index (Phi) is 7.15. The molecule has 1 saturated carbocycles.